The van der Waals surface area contributed by atoms with Crippen LogP contribution in [0.1, 0.15) is 5.56 Å². The molecular weight excluding hydrogens is 160 g/mol. The van der Waals surface area contributed by atoms with Crippen LogP contribution in [-0.4, -0.2) is 10.0 Å². The number of nitrogens with two attached hydrogens (primary N) is 1. The monoisotopic (exact) mass is 168 g/mol. The molecule has 0 saturated carbocycles. The van der Waals surface area contributed by atoms with Crippen molar-refractivity contribution in [3.05, 3.63) is 27.8 Å². The number of nitrogens with zero attached hydrogens (tertiary/aromatic N) is 1. The number of benzene rings is 1. The number of hydrogen-bond donors (Lipinski definition) is 2. The van der Waals surface area contributed by atoms with E-state index in [1.165, 1.54) is 6.07 Å². The number of phenolic OH excluding ortho intramolecular Hbond substituents is 1. The number of nitrogen functional groups attached to an aromatic ring is 1. The van der Waals surface area contributed by atoms with Gasteiger partial charge in [0.25, 0.3) is 0 Å². The normalized spacial score (nSPS) is 9.75. The standard InChI is InChI=1S/C7H8N2O3/c1-4-2-7(10)6(9(11)12)3-5(4)8/h2-3,10H,8H2,1H3. The number of aryl methyl sites for hydroxylation is 1. The summed E-state index contributed by atoms with van der Waals surface area (Å²) in [6.45, 7) is 1.67. The maximum Gasteiger partial charge on any atom is 0.312 e. The van der Waals surface area contributed by atoms with Crippen LogP contribution in [0.3, 0.4) is 0 Å². The molecule has 0 heterocycles. The zero-order chi connectivity index (χ0) is 9.30. The lowest BCUT2D eigenvalue weighted by atomic mass is 10.2. The quantitative estimate of drug-likeness (QED) is 0.285. The molecule has 0 aromatic heterocycles. The van der Waals surface area contributed by atoms with E-state index in [1.54, 1.807) is 6.92 Å². The van der Waals surface area contributed by atoms with Crippen molar-refractivity contribution in [3.8, 4) is 5.75 Å². The molecule has 0 aliphatic rings. The van der Waals surface area contributed by atoms with Crippen molar-refractivity contribution in [1.29, 1.82) is 0 Å². The number of phenols is 1. The summed E-state index contributed by atoms with van der Waals surface area (Å²) in [7, 11) is 0. The Morgan fingerprint density at radius 2 is 2.17 bits per heavy atom. The first-order valence-corrected chi connectivity index (χ1v) is 3.26. The maximum absolute atomic E-state index is 10.3. The van der Waals surface area contributed by atoms with Crippen molar-refractivity contribution in [2.24, 2.45) is 0 Å². The molecule has 1 aromatic rings. The molecule has 0 aliphatic heterocycles. The molecule has 0 aliphatic carbocycles. The largest absolute Gasteiger partial charge is 0.502 e. The third kappa shape index (κ3) is 1.29. The summed E-state index contributed by atoms with van der Waals surface area (Å²) in [4.78, 5) is 9.60. The lowest BCUT2D eigenvalue weighted by Crippen LogP contribution is -1.94. The van der Waals surface area contributed by atoms with Crippen LogP contribution in [0.4, 0.5) is 11.4 Å². The van der Waals surface area contributed by atoms with E-state index in [-0.39, 0.29) is 11.4 Å². The first kappa shape index (κ1) is 8.32. The van der Waals surface area contributed by atoms with Crippen molar-refractivity contribution < 1.29 is 10.0 Å². The van der Waals surface area contributed by atoms with Crippen LogP contribution in [0.15, 0.2) is 12.1 Å². The van der Waals surface area contributed by atoms with Crippen LogP contribution in [0.5, 0.6) is 5.75 Å². The third-order valence-electron chi connectivity index (χ3n) is 1.56. The van der Waals surface area contributed by atoms with Gasteiger partial charge in [0.15, 0.2) is 5.75 Å². The molecule has 0 fully saturated rings. The summed E-state index contributed by atoms with van der Waals surface area (Å²) >= 11 is 0. The van der Waals surface area contributed by atoms with Crippen molar-refractivity contribution in [1.82, 2.24) is 0 Å². The molecule has 5 nitrogen and oxygen atoms in total. The Morgan fingerprint density at radius 3 is 2.67 bits per heavy atom. The Bertz CT molecular complexity index is 336. The van der Waals surface area contributed by atoms with E-state index in [1.807, 2.05) is 0 Å². The molecule has 0 radical (unpaired) electrons. The van der Waals surface area contributed by atoms with Gasteiger partial charge in [-0.1, -0.05) is 0 Å². The Kier molecular flexibility index (Phi) is 1.86. The second-order valence-corrected chi connectivity index (χ2v) is 2.45. The lowest BCUT2D eigenvalue weighted by molar-refractivity contribution is -0.385. The van der Waals surface area contributed by atoms with Crippen molar-refractivity contribution in [2.45, 2.75) is 6.92 Å². The molecule has 12 heavy (non-hydrogen) atoms. The van der Waals surface area contributed by atoms with Crippen LogP contribution in [0.2, 0.25) is 0 Å². The number of nitro benzene ring substituents is 1. The Labute approximate surface area is 68.6 Å². The fourth-order valence-electron chi connectivity index (χ4n) is 0.844. The highest BCUT2D eigenvalue weighted by molar-refractivity contribution is 5.60. The topological polar surface area (TPSA) is 89.4 Å². The first-order chi connectivity index (χ1) is 5.52. The average Bonchev–Trinajstić information content (AvgIpc) is 1.96. The average molecular weight is 168 g/mol. The smallest absolute Gasteiger partial charge is 0.312 e. The van der Waals surface area contributed by atoms with E-state index in [0.717, 1.165) is 6.07 Å². The van der Waals surface area contributed by atoms with Crippen LogP contribution in [0, 0.1) is 17.0 Å². The second-order valence-electron chi connectivity index (χ2n) is 2.45. The van der Waals surface area contributed by atoms with Crippen LogP contribution >= 0.6 is 0 Å². The highest BCUT2D eigenvalue weighted by Gasteiger charge is 2.14. The SMILES string of the molecule is Cc1cc(O)c([N+](=O)[O-])cc1N. The predicted molar refractivity (Wildman–Crippen MR) is 43.9 cm³/mol. The van der Waals surface area contributed by atoms with Gasteiger partial charge in [0.05, 0.1) is 4.92 Å². The van der Waals surface area contributed by atoms with Crippen molar-refractivity contribution in [3.63, 3.8) is 0 Å². The highest BCUT2D eigenvalue weighted by atomic mass is 16.6. The van der Waals surface area contributed by atoms with Crippen LogP contribution < -0.4 is 5.73 Å². The number of anilines is 1. The fourth-order valence-corrected chi connectivity index (χ4v) is 0.844. The van der Waals surface area contributed by atoms with Gasteiger partial charge < -0.3 is 10.8 Å². The van der Waals surface area contributed by atoms with Crippen molar-refractivity contribution in [2.75, 3.05) is 5.73 Å². The second kappa shape index (κ2) is 2.69. The summed E-state index contributed by atoms with van der Waals surface area (Å²) in [5.74, 6) is -0.355. The summed E-state index contributed by atoms with van der Waals surface area (Å²) in [6, 6.07) is 2.41. The minimum atomic E-state index is -0.675. The molecule has 5 heteroatoms. The van der Waals surface area contributed by atoms with Gasteiger partial charge in [0, 0.05) is 11.8 Å². The molecule has 0 saturated heterocycles. The van der Waals surface area contributed by atoms with E-state index < -0.39 is 4.92 Å². The maximum atomic E-state index is 10.3. The van der Waals surface area contributed by atoms with Crippen molar-refractivity contribution >= 4 is 11.4 Å². The van der Waals surface area contributed by atoms with Gasteiger partial charge in [-0.15, -0.1) is 0 Å². The summed E-state index contributed by atoms with van der Waals surface area (Å²) in [5.41, 5.74) is 5.98. The predicted octanol–water partition coefficient (Wildman–Crippen LogP) is 1.19. The summed E-state index contributed by atoms with van der Waals surface area (Å²) < 4.78 is 0. The number of nitro groups is 1. The van der Waals surface area contributed by atoms with E-state index in [2.05, 4.69) is 0 Å². The van der Waals surface area contributed by atoms with Gasteiger partial charge >= 0.3 is 5.69 Å². The van der Waals surface area contributed by atoms with Crippen LogP contribution in [0.25, 0.3) is 0 Å². The minimum Gasteiger partial charge on any atom is -0.502 e. The first-order valence-electron chi connectivity index (χ1n) is 3.26. The van der Waals surface area contributed by atoms with Gasteiger partial charge in [0.1, 0.15) is 0 Å². The zero-order valence-corrected chi connectivity index (χ0v) is 6.44. The molecule has 3 N–H and O–H groups in total. The molecule has 0 bridgehead atoms. The van der Waals surface area contributed by atoms with E-state index in [9.17, 15) is 10.1 Å². The molecule has 64 valence electrons. The molecule has 0 unspecified atom stereocenters. The molecule has 0 amide bonds. The molecule has 1 aromatic carbocycles. The zero-order valence-electron chi connectivity index (χ0n) is 6.44. The third-order valence-corrected chi connectivity index (χ3v) is 1.56. The van der Waals surface area contributed by atoms with E-state index >= 15 is 0 Å². The van der Waals surface area contributed by atoms with E-state index in [0.29, 0.717) is 11.3 Å². The van der Waals surface area contributed by atoms with Gasteiger partial charge in [-0.2, -0.15) is 0 Å². The molecule has 1 rings (SSSR count). The van der Waals surface area contributed by atoms with Gasteiger partial charge in [-0.3, -0.25) is 10.1 Å². The van der Waals surface area contributed by atoms with E-state index in [4.69, 9.17) is 10.8 Å². The summed E-state index contributed by atoms with van der Waals surface area (Å²) in [5, 5.41) is 19.4. The number of hydrogen-bond acceptors (Lipinski definition) is 4. The minimum absolute atomic E-state index is 0.305. The summed E-state index contributed by atoms with van der Waals surface area (Å²) in [6.07, 6.45) is 0. The number of aromatic hydroxyl groups is 1. The van der Waals surface area contributed by atoms with Gasteiger partial charge in [-0.25, -0.2) is 0 Å². The molecular formula is C7H8N2O3. The van der Waals surface area contributed by atoms with Gasteiger partial charge in [-0.05, 0) is 18.6 Å². The van der Waals surface area contributed by atoms with Gasteiger partial charge in [0.2, 0.25) is 0 Å². The lowest BCUT2D eigenvalue weighted by Gasteiger charge is -2.00. The molecule has 0 atom stereocenters. The number of rotatable bonds is 1. The fraction of sp³-hybridized carbons (Fsp3) is 0.143. The Morgan fingerprint density at radius 1 is 1.58 bits per heavy atom. The Balaban J connectivity index is 3.33. The highest BCUT2D eigenvalue weighted by Crippen LogP contribution is 2.29. The molecule has 0 spiro atoms. The van der Waals surface area contributed by atoms with Crippen LogP contribution in [-0.2, 0) is 0 Å². The Hall–Kier alpha value is -1.78.